The van der Waals surface area contributed by atoms with Crippen LogP contribution in [0.3, 0.4) is 0 Å². The molecule has 0 atom stereocenters. The first-order valence-corrected chi connectivity index (χ1v) is 11.2. The molecule has 4 heteroatoms. The third kappa shape index (κ3) is 3.60. The number of rotatable bonds is 1. The Morgan fingerprint density at radius 1 is 0.576 bits per heavy atom. The van der Waals surface area contributed by atoms with E-state index in [0.717, 1.165) is 50.4 Å². The second kappa shape index (κ2) is 7.45. The van der Waals surface area contributed by atoms with Crippen molar-refractivity contribution in [3.8, 4) is 0 Å². The van der Waals surface area contributed by atoms with Crippen molar-refractivity contribution in [3.05, 3.63) is 106 Å². The van der Waals surface area contributed by atoms with Gasteiger partial charge in [-0.25, -0.2) is 9.97 Å². The minimum Gasteiger partial charge on any atom is -0.355 e. The Bertz CT molecular complexity index is 1640. The summed E-state index contributed by atoms with van der Waals surface area (Å²) < 4.78 is 0. The summed E-state index contributed by atoms with van der Waals surface area (Å²) in [4.78, 5) is 16.7. The van der Waals surface area contributed by atoms with Crippen LogP contribution in [-0.4, -0.2) is 19.9 Å². The van der Waals surface area contributed by atoms with Crippen LogP contribution in [0.15, 0.2) is 60.7 Å². The van der Waals surface area contributed by atoms with Gasteiger partial charge in [0.1, 0.15) is 0 Å². The molecule has 0 spiro atoms. The fourth-order valence-corrected chi connectivity index (χ4v) is 4.48. The predicted octanol–water partition coefficient (Wildman–Crippen LogP) is 7.00. The van der Waals surface area contributed by atoms with Crippen LogP contribution in [0.4, 0.5) is 0 Å². The van der Waals surface area contributed by atoms with Crippen molar-refractivity contribution in [1.82, 2.24) is 19.9 Å². The first-order chi connectivity index (χ1) is 16.0. The smallest absolute Gasteiger partial charge is 0.0737 e. The van der Waals surface area contributed by atoms with E-state index in [4.69, 9.17) is 9.97 Å². The van der Waals surface area contributed by atoms with Crippen LogP contribution >= 0.6 is 0 Å². The number of aromatic amines is 2. The molecule has 33 heavy (non-hydrogen) atoms. The van der Waals surface area contributed by atoms with Crippen LogP contribution in [0.1, 0.15) is 45.0 Å². The highest BCUT2D eigenvalue weighted by molar-refractivity contribution is 5.94. The summed E-state index contributed by atoms with van der Waals surface area (Å²) in [5.41, 5.74) is 14.1. The van der Waals surface area contributed by atoms with E-state index < -0.39 is 0 Å². The van der Waals surface area contributed by atoms with Gasteiger partial charge in [-0.3, -0.25) is 0 Å². The summed E-state index contributed by atoms with van der Waals surface area (Å²) in [6, 6.07) is 21.1. The number of hydrogen-bond acceptors (Lipinski definition) is 2. The molecular formula is C29H24N4. The van der Waals surface area contributed by atoms with E-state index in [0.29, 0.717) is 0 Å². The average molecular weight is 429 g/mol. The number of aryl methyl sites for hydroxylation is 1. The Morgan fingerprint density at radius 3 is 1.88 bits per heavy atom. The molecule has 1 aromatic carbocycles. The summed E-state index contributed by atoms with van der Waals surface area (Å²) in [6.45, 7) is 6.54. The van der Waals surface area contributed by atoms with Gasteiger partial charge in [0.2, 0.25) is 0 Å². The van der Waals surface area contributed by atoms with Gasteiger partial charge >= 0.3 is 0 Å². The Kier molecular flexibility index (Phi) is 4.40. The van der Waals surface area contributed by atoms with Gasteiger partial charge in [-0.1, -0.05) is 12.1 Å². The maximum absolute atomic E-state index is 4.99. The van der Waals surface area contributed by atoms with E-state index >= 15 is 0 Å². The monoisotopic (exact) mass is 428 g/mol. The van der Waals surface area contributed by atoms with Gasteiger partial charge < -0.3 is 9.97 Å². The second-order valence-corrected chi connectivity index (χ2v) is 8.77. The zero-order valence-corrected chi connectivity index (χ0v) is 18.9. The molecule has 6 rings (SSSR count). The lowest BCUT2D eigenvalue weighted by atomic mass is 9.92. The van der Waals surface area contributed by atoms with Crippen LogP contribution in [0.2, 0.25) is 0 Å². The number of nitrogens with one attached hydrogen (secondary N) is 2. The number of H-pyrrole nitrogens is 2. The average Bonchev–Trinajstić information content (AvgIpc) is 3.58. The largest absolute Gasteiger partial charge is 0.355 e. The minimum absolute atomic E-state index is 0.904. The Labute approximate surface area is 192 Å². The molecule has 5 heterocycles. The van der Waals surface area contributed by atoms with Crippen molar-refractivity contribution in [1.29, 1.82) is 0 Å². The first kappa shape index (κ1) is 19.5. The van der Waals surface area contributed by atoms with Gasteiger partial charge in [-0.15, -0.1) is 0 Å². The molecule has 0 aliphatic carbocycles. The molecule has 0 saturated carbocycles. The summed E-state index contributed by atoms with van der Waals surface area (Å²) >= 11 is 0. The molecule has 2 N–H and O–H groups in total. The van der Waals surface area contributed by atoms with E-state index in [1.807, 2.05) is 12.2 Å². The maximum Gasteiger partial charge on any atom is 0.0737 e. The van der Waals surface area contributed by atoms with E-state index in [1.165, 1.54) is 22.3 Å². The highest BCUT2D eigenvalue weighted by atomic mass is 14.8. The van der Waals surface area contributed by atoms with Crippen LogP contribution in [0, 0.1) is 20.8 Å². The van der Waals surface area contributed by atoms with Crippen LogP contribution in [0.5, 0.6) is 0 Å². The Morgan fingerprint density at radius 2 is 1.18 bits per heavy atom. The van der Waals surface area contributed by atoms with Gasteiger partial charge in [0, 0.05) is 27.6 Å². The first-order valence-electron chi connectivity index (χ1n) is 11.2. The highest BCUT2D eigenvalue weighted by Crippen LogP contribution is 2.33. The molecule has 0 saturated heterocycles. The Hall–Kier alpha value is -4.18. The van der Waals surface area contributed by atoms with Gasteiger partial charge in [0.05, 0.1) is 22.8 Å². The molecular weight excluding hydrogens is 404 g/mol. The molecule has 2 aliphatic heterocycles. The van der Waals surface area contributed by atoms with E-state index in [1.54, 1.807) is 0 Å². The normalized spacial score (nSPS) is 12.8. The summed E-state index contributed by atoms with van der Waals surface area (Å²) in [6.07, 6.45) is 6.27. The van der Waals surface area contributed by atoms with Crippen molar-refractivity contribution in [2.24, 2.45) is 0 Å². The lowest BCUT2D eigenvalue weighted by Crippen LogP contribution is -1.95. The van der Waals surface area contributed by atoms with E-state index in [-0.39, 0.29) is 0 Å². The summed E-state index contributed by atoms with van der Waals surface area (Å²) in [5.74, 6) is 0. The van der Waals surface area contributed by atoms with Crippen molar-refractivity contribution in [2.45, 2.75) is 20.8 Å². The van der Waals surface area contributed by atoms with Gasteiger partial charge in [0.25, 0.3) is 0 Å². The lowest BCUT2D eigenvalue weighted by molar-refractivity contribution is 1.24. The molecule has 2 aliphatic rings. The molecule has 0 fully saturated rings. The topological polar surface area (TPSA) is 57.4 Å². The van der Waals surface area contributed by atoms with Crippen molar-refractivity contribution in [3.63, 3.8) is 0 Å². The molecule has 160 valence electrons. The number of aromatic nitrogens is 4. The molecule has 0 radical (unpaired) electrons. The summed E-state index contributed by atoms with van der Waals surface area (Å²) in [7, 11) is 0. The molecule has 0 unspecified atom stereocenters. The number of fused-ring (bicyclic) bond motifs is 8. The van der Waals surface area contributed by atoms with Crippen molar-refractivity contribution < 1.29 is 0 Å². The predicted molar refractivity (Wildman–Crippen MR) is 138 cm³/mol. The molecule has 4 aromatic rings. The third-order valence-electron chi connectivity index (χ3n) is 6.51. The lowest BCUT2D eigenvalue weighted by Gasteiger charge is -2.12. The van der Waals surface area contributed by atoms with Gasteiger partial charge in [-0.05, 0) is 110 Å². The van der Waals surface area contributed by atoms with Crippen molar-refractivity contribution in [2.75, 3.05) is 0 Å². The second-order valence-electron chi connectivity index (χ2n) is 8.77. The number of nitrogens with zero attached hydrogens (tertiary/aromatic N) is 2. The SMILES string of the molecule is Cc1ccc(C2=Cc3cc4ccc(cc5ccc(cc6nc(cc2n3)C=C6)[nH]5)[nH]4)c(C)c1C. The zero-order valence-electron chi connectivity index (χ0n) is 18.9. The molecule has 8 bridgehead atoms. The van der Waals surface area contributed by atoms with E-state index in [2.05, 4.69) is 97.5 Å². The molecule has 0 amide bonds. The van der Waals surface area contributed by atoms with Gasteiger partial charge in [0.15, 0.2) is 0 Å². The fraction of sp³-hybridized carbons (Fsp3) is 0.103. The third-order valence-corrected chi connectivity index (χ3v) is 6.51. The quantitative estimate of drug-likeness (QED) is 0.296. The van der Waals surface area contributed by atoms with Gasteiger partial charge in [-0.2, -0.15) is 0 Å². The Balaban J connectivity index is 1.64. The zero-order chi connectivity index (χ0) is 22.5. The van der Waals surface area contributed by atoms with Crippen LogP contribution in [-0.2, 0) is 0 Å². The maximum atomic E-state index is 4.99. The standard InChI is InChI=1S/C29H24N4/c1-17-4-11-27(19(3)18(17)2)28-15-26-14-24-8-7-22(31-24)12-20-5-6-21(30-20)13-23-9-10-25(32-23)16-29(28)33-26/h4-16,30-31H,1-3H3. The number of hydrogen-bond donors (Lipinski definition) is 2. The highest BCUT2D eigenvalue weighted by Gasteiger charge is 2.16. The number of benzene rings is 1. The van der Waals surface area contributed by atoms with E-state index in [9.17, 15) is 0 Å². The molecule has 4 nitrogen and oxygen atoms in total. The summed E-state index contributed by atoms with van der Waals surface area (Å²) in [5, 5.41) is 0. The van der Waals surface area contributed by atoms with Crippen LogP contribution in [0.25, 0.3) is 45.9 Å². The van der Waals surface area contributed by atoms with Crippen molar-refractivity contribution >= 4 is 45.9 Å². The minimum atomic E-state index is 0.904. The van der Waals surface area contributed by atoms with Crippen LogP contribution < -0.4 is 0 Å². The molecule has 3 aromatic heterocycles. The fourth-order valence-electron chi connectivity index (χ4n) is 4.48.